The average Bonchev–Trinajstić information content (AvgIpc) is 3.57. The zero-order valence-electron chi connectivity index (χ0n) is 34.4. The van der Waals surface area contributed by atoms with E-state index < -0.39 is 78.6 Å². The molecule has 0 saturated carbocycles. The molecule has 2 heteroatoms. The van der Waals surface area contributed by atoms with Gasteiger partial charge in [0.15, 0.2) is 0 Å². The molecule has 8 rings (SSSR count). The van der Waals surface area contributed by atoms with Gasteiger partial charge in [-0.15, -0.1) is 0 Å². The third-order valence-corrected chi connectivity index (χ3v) is 7.15. The largest absolute Gasteiger partial charge is 0.292 e. The van der Waals surface area contributed by atoms with Crippen molar-refractivity contribution in [1.29, 1.82) is 0 Å². The van der Waals surface area contributed by atoms with Gasteiger partial charge in [0, 0.05) is 11.3 Å². The van der Waals surface area contributed by atoms with Crippen molar-refractivity contribution in [3.8, 4) is 39.3 Å². The van der Waals surface area contributed by atoms with Gasteiger partial charge in [0.2, 0.25) is 0 Å². The van der Waals surface area contributed by atoms with Crippen molar-refractivity contribution >= 4 is 32.6 Å². The Morgan fingerprint density at radius 3 is 1.71 bits per heavy atom. The van der Waals surface area contributed by atoms with Crippen LogP contribution in [-0.2, 0) is 0 Å². The molecule has 0 fully saturated rings. The van der Waals surface area contributed by atoms with Gasteiger partial charge in [0.25, 0.3) is 0 Å². The minimum absolute atomic E-state index is 0.00954. The van der Waals surface area contributed by atoms with E-state index in [0.717, 1.165) is 0 Å². The van der Waals surface area contributed by atoms with Crippen molar-refractivity contribution in [1.82, 2.24) is 9.55 Å². The van der Waals surface area contributed by atoms with Crippen molar-refractivity contribution in [3.63, 3.8) is 0 Å². The minimum atomic E-state index is -0.570. The number of nitrogens with zero attached hydrogens (tertiary/aromatic N) is 2. The SMILES string of the molecule is [2H]c1c([2H])c([2H])c(-n2c(-c3ccccc3-c3c4c([2H])c([2H])c([2H])c([2H])c4c(-c4ccccc4)c4c([2H])c([2H])c([2H])c([2H])c34)nc3ccccc32)c([2H])c1[2H]. The fraction of sp³-hybridized carbons (Fsp3) is 0. The second-order valence-electron chi connectivity index (χ2n) is 9.39. The molecule has 0 radical (unpaired) electrons. The van der Waals surface area contributed by atoms with Crippen LogP contribution in [-0.4, -0.2) is 9.55 Å². The Labute approximate surface area is 257 Å². The predicted molar refractivity (Wildman–Crippen MR) is 172 cm³/mol. The topological polar surface area (TPSA) is 17.8 Å². The highest BCUT2D eigenvalue weighted by molar-refractivity contribution is 6.22. The van der Waals surface area contributed by atoms with Crippen LogP contribution in [0, 0.1) is 0 Å². The van der Waals surface area contributed by atoms with Crippen LogP contribution in [0.25, 0.3) is 71.9 Å². The molecule has 1 heterocycles. The van der Waals surface area contributed by atoms with Crippen molar-refractivity contribution in [2.45, 2.75) is 0 Å². The van der Waals surface area contributed by atoms with Crippen LogP contribution in [0.15, 0.2) is 157 Å². The van der Waals surface area contributed by atoms with Crippen molar-refractivity contribution in [3.05, 3.63) is 157 Å². The van der Waals surface area contributed by atoms with Gasteiger partial charge in [-0.3, -0.25) is 4.57 Å². The number of para-hydroxylation sites is 3. The molecule has 8 aromatic rings. The number of hydrogen-bond acceptors (Lipinski definition) is 1. The molecule has 192 valence electrons. The van der Waals surface area contributed by atoms with Crippen LogP contribution in [0.5, 0.6) is 0 Å². The Hall–Kier alpha value is -5.47. The third-order valence-electron chi connectivity index (χ3n) is 7.15. The van der Waals surface area contributed by atoms with Crippen LogP contribution in [0.3, 0.4) is 0 Å². The molecule has 1 aromatic heterocycles. The second kappa shape index (κ2) is 9.62. The van der Waals surface area contributed by atoms with Crippen molar-refractivity contribution < 1.29 is 17.8 Å². The quantitative estimate of drug-likeness (QED) is 0.205. The van der Waals surface area contributed by atoms with E-state index in [1.54, 1.807) is 78.9 Å². The van der Waals surface area contributed by atoms with E-state index in [1.807, 2.05) is 0 Å². The molecule has 0 N–H and O–H groups in total. The Morgan fingerprint density at radius 2 is 1.02 bits per heavy atom. The van der Waals surface area contributed by atoms with E-state index in [1.165, 1.54) is 4.57 Å². The molecule has 2 nitrogen and oxygen atoms in total. The number of fused-ring (bicyclic) bond motifs is 3. The maximum Gasteiger partial charge on any atom is 0.146 e. The summed E-state index contributed by atoms with van der Waals surface area (Å²) < 4.78 is 116. The molecule has 0 spiro atoms. The Kier molecular flexibility index (Phi) is 3.22. The van der Waals surface area contributed by atoms with Gasteiger partial charge >= 0.3 is 0 Å². The zero-order valence-corrected chi connectivity index (χ0v) is 21.4. The second-order valence-corrected chi connectivity index (χ2v) is 9.39. The van der Waals surface area contributed by atoms with E-state index in [-0.39, 0.29) is 49.7 Å². The fourth-order valence-corrected chi connectivity index (χ4v) is 5.47. The predicted octanol–water partition coefficient (Wildman–Crippen LogP) is 10.3. The van der Waals surface area contributed by atoms with Gasteiger partial charge in [-0.05, 0) is 68.0 Å². The molecule has 7 aromatic carbocycles. The molecule has 0 amide bonds. The van der Waals surface area contributed by atoms with E-state index >= 15 is 0 Å². The molecule has 0 atom stereocenters. The van der Waals surface area contributed by atoms with Gasteiger partial charge in [-0.2, -0.15) is 0 Å². The van der Waals surface area contributed by atoms with Gasteiger partial charge in [-0.1, -0.05) is 133 Å². The highest BCUT2D eigenvalue weighted by atomic mass is 15.1. The molecular formula is C39H26N2. The van der Waals surface area contributed by atoms with Gasteiger partial charge in [0.1, 0.15) is 5.82 Å². The van der Waals surface area contributed by atoms with Crippen LogP contribution >= 0.6 is 0 Å². The first-order valence-electron chi connectivity index (χ1n) is 19.4. The van der Waals surface area contributed by atoms with E-state index in [2.05, 4.69) is 0 Å². The standard InChI is InChI=1S/C39H26N2/c1-3-15-27(16-4-1)37-29-19-7-9-21-31(29)38(32-22-10-8-20-30(32)37)33-23-11-12-24-34(33)39-40-35-25-13-14-26-36(35)41(39)28-17-5-2-6-18-28/h1-26H/i2D,5D,6D,7D,8D,9D,10D,17D,18D,19D,20D,21D,22D. The first-order valence-corrected chi connectivity index (χ1v) is 12.9. The summed E-state index contributed by atoms with van der Waals surface area (Å²) in [6.45, 7) is 0. The number of aromatic nitrogens is 2. The lowest BCUT2D eigenvalue weighted by Crippen LogP contribution is -1.99. The Morgan fingerprint density at radius 1 is 0.488 bits per heavy atom. The zero-order chi connectivity index (χ0) is 38.5. The summed E-state index contributed by atoms with van der Waals surface area (Å²) in [4.78, 5) is 4.90. The Balaban J connectivity index is 1.64. The average molecular weight is 536 g/mol. The fourth-order valence-electron chi connectivity index (χ4n) is 5.47. The van der Waals surface area contributed by atoms with Crippen LogP contribution < -0.4 is 0 Å². The van der Waals surface area contributed by atoms with Crippen LogP contribution in [0.1, 0.15) is 17.8 Å². The van der Waals surface area contributed by atoms with Crippen LogP contribution in [0.4, 0.5) is 0 Å². The molecule has 0 unspecified atom stereocenters. The van der Waals surface area contributed by atoms with Crippen molar-refractivity contribution in [2.24, 2.45) is 0 Å². The van der Waals surface area contributed by atoms with E-state index in [0.29, 0.717) is 22.2 Å². The van der Waals surface area contributed by atoms with Gasteiger partial charge in [0.05, 0.1) is 28.9 Å². The molecule has 41 heavy (non-hydrogen) atoms. The molecule has 0 aliphatic heterocycles. The van der Waals surface area contributed by atoms with Crippen molar-refractivity contribution in [2.75, 3.05) is 0 Å². The summed E-state index contributed by atoms with van der Waals surface area (Å²) >= 11 is 0. The summed E-state index contributed by atoms with van der Waals surface area (Å²) in [7, 11) is 0. The lowest BCUT2D eigenvalue weighted by Gasteiger charge is -2.20. The van der Waals surface area contributed by atoms with E-state index in [9.17, 15) is 5.48 Å². The Bertz CT molecular complexity index is 2810. The molecule has 0 aliphatic carbocycles. The summed E-state index contributed by atoms with van der Waals surface area (Å²) in [5.74, 6) is 0.125. The third kappa shape index (κ3) is 3.76. The lowest BCUT2D eigenvalue weighted by molar-refractivity contribution is 1.10. The van der Waals surface area contributed by atoms with Crippen LogP contribution in [0.2, 0.25) is 0 Å². The molecule has 0 aliphatic rings. The maximum absolute atomic E-state index is 9.32. The van der Waals surface area contributed by atoms with E-state index in [4.69, 9.17) is 17.3 Å². The molecule has 0 bridgehead atoms. The lowest BCUT2D eigenvalue weighted by atomic mass is 9.84. The first kappa shape index (κ1) is 13.7. The van der Waals surface area contributed by atoms with Gasteiger partial charge in [-0.25, -0.2) is 4.98 Å². The summed E-state index contributed by atoms with van der Waals surface area (Å²) in [5.41, 5.74) is 2.02. The normalized spacial score (nSPS) is 15.9. The number of benzene rings is 7. The molecular weight excluding hydrogens is 496 g/mol. The van der Waals surface area contributed by atoms with Gasteiger partial charge < -0.3 is 0 Å². The number of imidazole rings is 1. The maximum atomic E-state index is 9.32. The summed E-state index contributed by atoms with van der Waals surface area (Å²) in [6, 6.07) is 15.8. The first-order chi connectivity index (χ1) is 25.8. The number of rotatable bonds is 4. The highest BCUT2D eigenvalue weighted by Gasteiger charge is 2.21. The minimum Gasteiger partial charge on any atom is -0.292 e. The number of hydrogen-bond donors (Lipinski definition) is 0. The summed E-state index contributed by atoms with van der Waals surface area (Å²) in [6.07, 6.45) is 0. The highest BCUT2D eigenvalue weighted by Crippen LogP contribution is 2.46. The smallest absolute Gasteiger partial charge is 0.146 e. The molecule has 0 saturated heterocycles. The monoisotopic (exact) mass is 535 g/mol. The summed E-state index contributed by atoms with van der Waals surface area (Å²) in [5, 5.41) is 0.118.